The van der Waals surface area contributed by atoms with Crippen molar-refractivity contribution < 1.29 is 19.1 Å². The second-order valence-electron chi connectivity index (χ2n) is 4.12. The van der Waals surface area contributed by atoms with Crippen molar-refractivity contribution in [3.63, 3.8) is 0 Å². The zero-order valence-electron chi connectivity index (χ0n) is 9.40. The van der Waals surface area contributed by atoms with E-state index in [0.29, 0.717) is 19.4 Å². The lowest BCUT2D eigenvalue weighted by molar-refractivity contribution is -0.141. The van der Waals surface area contributed by atoms with Gasteiger partial charge in [-0.15, -0.1) is 0 Å². The highest BCUT2D eigenvalue weighted by Gasteiger charge is 2.34. The lowest BCUT2D eigenvalue weighted by atomic mass is 10.1. The van der Waals surface area contributed by atoms with Gasteiger partial charge in [-0.25, -0.2) is 9.18 Å². The Morgan fingerprint density at radius 2 is 2.17 bits per heavy atom. The van der Waals surface area contributed by atoms with Gasteiger partial charge in [-0.1, -0.05) is 0 Å². The normalized spacial score (nSPS) is 19.0. The van der Waals surface area contributed by atoms with Gasteiger partial charge in [0.2, 0.25) is 0 Å². The van der Waals surface area contributed by atoms with E-state index in [4.69, 9.17) is 5.11 Å². The molecule has 1 amide bonds. The Morgan fingerprint density at radius 3 is 2.78 bits per heavy atom. The van der Waals surface area contributed by atoms with Crippen molar-refractivity contribution in [2.75, 3.05) is 6.54 Å². The predicted octanol–water partition coefficient (Wildman–Crippen LogP) is 2.28. The second-order valence-corrected chi connectivity index (χ2v) is 4.98. The number of amides is 1. The molecule has 1 atom stereocenters. The van der Waals surface area contributed by atoms with Gasteiger partial charge in [-0.2, -0.15) is 0 Å². The van der Waals surface area contributed by atoms with Gasteiger partial charge in [0.25, 0.3) is 5.91 Å². The summed E-state index contributed by atoms with van der Waals surface area (Å²) in [6.45, 7) is 0.396. The molecule has 2 rings (SSSR count). The molecule has 1 N–H and O–H groups in total. The Morgan fingerprint density at radius 1 is 1.44 bits per heavy atom. The molecule has 1 aromatic carbocycles. The number of hydrogen-bond acceptors (Lipinski definition) is 2. The Balaban J connectivity index is 2.25. The molecule has 0 saturated carbocycles. The van der Waals surface area contributed by atoms with Crippen molar-refractivity contribution in [1.29, 1.82) is 0 Å². The van der Waals surface area contributed by atoms with E-state index in [1.54, 1.807) is 0 Å². The zero-order valence-corrected chi connectivity index (χ0v) is 11.0. The number of rotatable bonds is 2. The van der Waals surface area contributed by atoms with E-state index in [2.05, 4.69) is 15.9 Å². The van der Waals surface area contributed by atoms with Crippen molar-refractivity contribution in [2.24, 2.45) is 0 Å². The van der Waals surface area contributed by atoms with Crippen LogP contribution in [0.15, 0.2) is 22.7 Å². The molecule has 96 valence electrons. The first-order valence-corrected chi connectivity index (χ1v) is 6.29. The van der Waals surface area contributed by atoms with Gasteiger partial charge in [0.05, 0.1) is 4.47 Å². The third-order valence-electron chi connectivity index (χ3n) is 2.97. The zero-order chi connectivity index (χ0) is 13.3. The maximum Gasteiger partial charge on any atom is 0.326 e. The second kappa shape index (κ2) is 5.06. The molecular formula is C12H11BrFNO3. The van der Waals surface area contributed by atoms with Gasteiger partial charge < -0.3 is 10.0 Å². The minimum atomic E-state index is -1.02. The van der Waals surface area contributed by atoms with Gasteiger partial charge in [0.1, 0.15) is 11.9 Å². The van der Waals surface area contributed by atoms with Crippen LogP contribution in [0.4, 0.5) is 4.39 Å². The van der Waals surface area contributed by atoms with Crippen molar-refractivity contribution >= 4 is 27.8 Å². The standard InChI is InChI=1S/C12H11BrFNO3/c13-8-4-3-7(6-9(8)14)11(16)15-5-1-2-10(15)12(17)18/h3-4,6,10H,1-2,5H2,(H,17,18)/t10-/m0/s1. The van der Waals surface area contributed by atoms with Crippen LogP contribution in [-0.2, 0) is 4.79 Å². The van der Waals surface area contributed by atoms with E-state index < -0.39 is 23.7 Å². The Hall–Kier alpha value is -1.43. The molecule has 1 aliphatic rings. The van der Waals surface area contributed by atoms with E-state index in [9.17, 15) is 14.0 Å². The van der Waals surface area contributed by atoms with Crippen LogP contribution in [0.2, 0.25) is 0 Å². The summed E-state index contributed by atoms with van der Waals surface area (Å²) in [5.41, 5.74) is 0.170. The highest BCUT2D eigenvalue weighted by Crippen LogP contribution is 2.22. The van der Waals surface area contributed by atoms with E-state index in [1.807, 2.05) is 0 Å². The molecule has 0 aromatic heterocycles. The number of nitrogens with zero attached hydrogens (tertiary/aromatic N) is 1. The van der Waals surface area contributed by atoms with Crippen LogP contribution >= 0.6 is 15.9 Å². The molecule has 4 nitrogen and oxygen atoms in total. The number of carbonyl (C=O) groups is 2. The largest absolute Gasteiger partial charge is 0.480 e. The average molecular weight is 316 g/mol. The summed E-state index contributed by atoms with van der Waals surface area (Å²) in [5, 5.41) is 9.00. The lowest BCUT2D eigenvalue weighted by Crippen LogP contribution is -2.40. The van der Waals surface area contributed by atoms with Gasteiger partial charge in [0, 0.05) is 12.1 Å². The fourth-order valence-electron chi connectivity index (χ4n) is 2.06. The molecular weight excluding hydrogens is 305 g/mol. The molecule has 1 fully saturated rings. The van der Waals surface area contributed by atoms with Crippen LogP contribution in [0.5, 0.6) is 0 Å². The summed E-state index contributed by atoms with van der Waals surface area (Å²) >= 11 is 3.00. The third kappa shape index (κ3) is 2.38. The van der Waals surface area contributed by atoms with Crippen LogP contribution in [-0.4, -0.2) is 34.5 Å². The SMILES string of the molecule is O=C(O)[C@@H]1CCCN1C(=O)c1ccc(Br)c(F)c1. The topological polar surface area (TPSA) is 57.6 Å². The fraction of sp³-hybridized carbons (Fsp3) is 0.333. The average Bonchev–Trinajstić information content (AvgIpc) is 2.81. The molecule has 0 aliphatic carbocycles. The van der Waals surface area contributed by atoms with Crippen molar-refractivity contribution in [3.8, 4) is 0 Å². The molecule has 0 bridgehead atoms. The number of carboxylic acid groups (broad SMARTS) is 1. The number of likely N-dealkylation sites (tertiary alicyclic amines) is 1. The predicted molar refractivity (Wildman–Crippen MR) is 65.8 cm³/mol. The van der Waals surface area contributed by atoms with Crippen LogP contribution in [0.1, 0.15) is 23.2 Å². The Kier molecular flexibility index (Phi) is 3.65. The van der Waals surface area contributed by atoms with E-state index in [-0.39, 0.29) is 10.0 Å². The molecule has 1 aliphatic heterocycles. The molecule has 1 saturated heterocycles. The molecule has 0 radical (unpaired) electrons. The molecule has 1 heterocycles. The van der Waals surface area contributed by atoms with Crippen molar-refractivity contribution in [2.45, 2.75) is 18.9 Å². The number of carbonyl (C=O) groups excluding carboxylic acids is 1. The number of aliphatic carboxylic acids is 1. The molecule has 0 unspecified atom stereocenters. The molecule has 0 spiro atoms. The van der Waals surface area contributed by atoms with Crippen LogP contribution < -0.4 is 0 Å². The smallest absolute Gasteiger partial charge is 0.326 e. The number of halogens is 2. The summed E-state index contributed by atoms with van der Waals surface area (Å²) in [6, 6.07) is 3.23. The summed E-state index contributed by atoms with van der Waals surface area (Å²) in [7, 11) is 0. The van der Waals surface area contributed by atoms with Crippen LogP contribution in [0, 0.1) is 5.82 Å². The Labute approximate surface area is 112 Å². The molecule has 18 heavy (non-hydrogen) atoms. The third-order valence-corrected chi connectivity index (χ3v) is 3.61. The summed E-state index contributed by atoms with van der Waals surface area (Å²) in [4.78, 5) is 24.4. The van der Waals surface area contributed by atoms with E-state index >= 15 is 0 Å². The van der Waals surface area contributed by atoms with Crippen LogP contribution in [0.25, 0.3) is 0 Å². The maximum atomic E-state index is 13.3. The van der Waals surface area contributed by atoms with Gasteiger partial charge in [0.15, 0.2) is 0 Å². The minimum absolute atomic E-state index is 0.170. The fourth-order valence-corrected chi connectivity index (χ4v) is 2.31. The highest BCUT2D eigenvalue weighted by atomic mass is 79.9. The van der Waals surface area contributed by atoms with Crippen molar-refractivity contribution in [3.05, 3.63) is 34.1 Å². The molecule has 1 aromatic rings. The lowest BCUT2D eigenvalue weighted by Gasteiger charge is -2.21. The summed E-state index contributed by atoms with van der Waals surface area (Å²) in [5.74, 6) is -1.99. The van der Waals surface area contributed by atoms with E-state index in [0.717, 1.165) is 6.07 Å². The molecule has 6 heteroatoms. The van der Waals surface area contributed by atoms with Gasteiger partial charge in [-0.05, 0) is 47.0 Å². The van der Waals surface area contributed by atoms with Crippen LogP contribution in [0.3, 0.4) is 0 Å². The quantitative estimate of drug-likeness (QED) is 0.911. The van der Waals surface area contributed by atoms with Gasteiger partial charge in [-0.3, -0.25) is 4.79 Å². The number of benzene rings is 1. The first-order chi connectivity index (χ1) is 8.50. The summed E-state index contributed by atoms with van der Waals surface area (Å²) < 4.78 is 13.6. The number of carboxylic acids is 1. The van der Waals surface area contributed by atoms with E-state index in [1.165, 1.54) is 17.0 Å². The monoisotopic (exact) mass is 315 g/mol. The van der Waals surface area contributed by atoms with Crippen molar-refractivity contribution in [1.82, 2.24) is 4.90 Å². The number of hydrogen-bond donors (Lipinski definition) is 1. The highest BCUT2D eigenvalue weighted by molar-refractivity contribution is 9.10. The first kappa shape index (κ1) is 13.0. The first-order valence-electron chi connectivity index (χ1n) is 5.49. The Bertz CT molecular complexity index is 506. The summed E-state index contributed by atoms with van der Waals surface area (Å²) in [6.07, 6.45) is 1.10. The minimum Gasteiger partial charge on any atom is -0.480 e. The van der Waals surface area contributed by atoms with Gasteiger partial charge >= 0.3 is 5.97 Å². The maximum absolute atomic E-state index is 13.3.